The number of phenols is 1. The molecule has 0 aliphatic rings. The lowest BCUT2D eigenvalue weighted by atomic mass is 10.0. The number of benzene rings is 2. The molecule has 0 radical (unpaired) electrons. The van der Waals surface area contributed by atoms with Crippen LogP contribution in [-0.2, 0) is 0 Å². The number of rotatable bonds is 2. The summed E-state index contributed by atoms with van der Waals surface area (Å²) >= 11 is 1.66. The Bertz CT molecular complexity index is 1020. The maximum Gasteiger partial charge on any atom is 0.198 e. The number of carbonyl (C=O) groups is 1. The molecular formula is C18H11NO2S. The molecule has 0 fully saturated rings. The van der Waals surface area contributed by atoms with Gasteiger partial charge in [-0.05, 0) is 47.2 Å². The highest BCUT2D eigenvalue weighted by Crippen LogP contribution is 2.27. The SMILES string of the molecule is O=C(c1cnc2cc3ccsc3cc2c1)c1ccccc1O. The van der Waals surface area contributed by atoms with Crippen molar-refractivity contribution in [2.24, 2.45) is 0 Å². The number of para-hydroxylation sites is 1. The predicted molar refractivity (Wildman–Crippen MR) is 88.7 cm³/mol. The minimum Gasteiger partial charge on any atom is -0.507 e. The first-order valence-corrected chi connectivity index (χ1v) is 7.70. The topological polar surface area (TPSA) is 50.2 Å². The van der Waals surface area contributed by atoms with E-state index in [0.717, 1.165) is 16.3 Å². The number of aromatic hydroxyl groups is 1. The number of nitrogens with zero attached hydrogens (tertiary/aromatic N) is 1. The van der Waals surface area contributed by atoms with Crippen molar-refractivity contribution in [2.45, 2.75) is 0 Å². The molecule has 0 atom stereocenters. The van der Waals surface area contributed by atoms with Gasteiger partial charge in [0.1, 0.15) is 5.75 Å². The zero-order valence-electron chi connectivity index (χ0n) is 11.5. The summed E-state index contributed by atoms with van der Waals surface area (Å²) in [6, 6.07) is 14.5. The lowest BCUT2D eigenvalue weighted by Crippen LogP contribution is -2.02. The Morgan fingerprint density at radius 2 is 1.91 bits per heavy atom. The van der Waals surface area contributed by atoms with Gasteiger partial charge in [0, 0.05) is 21.8 Å². The van der Waals surface area contributed by atoms with Gasteiger partial charge in [0.15, 0.2) is 5.78 Å². The lowest BCUT2D eigenvalue weighted by Gasteiger charge is -2.05. The first-order valence-electron chi connectivity index (χ1n) is 6.82. The second kappa shape index (κ2) is 4.93. The number of hydrogen-bond donors (Lipinski definition) is 1. The van der Waals surface area contributed by atoms with Gasteiger partial charge in [0.05, 0.1) is 11.1 Å². The molecule has 0 aliphatic heterocycles. The summed E-state index contributed by atoms with van der Waals surface area (Å²) in [7, 11) is 0. The van der Waals surface area contributed by atoms with Crippen LogP contribution in [0.25, 0.3) is 21.0 Å². The fraction of sp³-hybridized carbons (Fsp3) is 0. The molecule has 4 heteroatoms. The van der Waals surface area contributed by atoms with E-state index >= 15 is 0 Å². The Kier molecular flexibility index (Phi) is 2.91. The molecule has 0 saturated carbocycles. The minimum atomic E-state index is -0.223. The molecule has 0 saturated heterocycles. The predicted octanol–water partition coefficient (Wildman–Crippen LogP) is 4.39. The molecule has 0 aliphatic carbocycles. The van der Waals surface area contributed by atoms with Gasteiger partial charge < -0.3 is 5.11 Å². The van der Waals surface area contributed by atoms with Gasteiger partial charge in [0.2, 0.25) is 0 Å². The third-order valence-electron chi connectivity index (χ3n) is 3.67. The second-order valence-corrected chi connectivity index (χ2v) is 6.02. The summed E-state index contributed by atoms with van der Waals surface area (Å²) < 4.78 is 1.17. The average molecular weight is 305 g/mol. The molecule has 3 nitrogen and oxygen atoms in total. The van der Waals surface area contributed by atoms with Crippen LogP contribution in [0.1, 0.15) is 15.9 Å². The fourth-order valence-electron chi connectivity index (χ4n) is 2.53. The van der Waals surface area contributed by atoms with Gasteiger partial charge in [-0.3, -0.25) is 9.78 Å². The summed E-state index contributed by atoms with van der Waals surface area (Å²) in [5.74, 6) is -0.236. The molecule has 2 aromatic heterocycles. The van der Waals surface area contributed by atoms with Crippen LogP contribution in [0.5, 0.6) is 5.75 Å². The van der Waals surface area contributed by atoms with Gasteiger partial charge in [0.25, 0.3) is 0 Å². The largest absolute Gasteiger partial charge is 0.507 e. The maximum atomic E-state index is 12.5. The molecule has 106 valence electrons. The van der Waals surface area contributed by atoms with E-state index in [1.807, 2.05) is 23.6 Å². The molecule has 1 N–H and O–H groups in total. The molecule has 0 unspecified atom stereocenters. The van der Waals surface area contributed by atoms with Crippen molar-refractivity contribution in [3.8, 4) is 5.75 Å². The van der Waals surface area contributed by atoms with E-state index in [-0.39, 0.29) is 11.5 Å². The number of phenolic OH excluding ortho intramolecular Hbond substituents is 1. The number of ketones is 1. The first kappa shape index (κ1) is 13.0. The van der Waals surface area contributed by atoms with E-state index in [9.17, 15) is 9.90 Å². The molecule has 0 amide bonds. The summed E-state index contributed by atoms with van der Waals surface area (Å²) in [5.41, 5.74) is 1.63. The van der Waals surface area contributed by atoms with Crippen molar-refractivity contribution >= 4 is 38.1 Å². The molecule has 2 heterocycles. The highest BCUT2D eigenvalue weighted by molar-refractivity contribution is 7.17. The van der Waals surface area contributed by atoms with Crippen LogP contribution in [0.15, 0.2) is 60.1 Å². The van der Waals surface area contributed by atoms with E-state index in [2.05, 4.69) is 11.1 Å². The third kappa shape index (κ3) is 2.05. The van der Waals surface area contributed by atoms with Crippen LogP contribution in [0.3, 0.4) is 0 Å². The standard InChI is InChI=1S/C18H11NO2S/c20-16-4-2-1-3-14(16)18(21)13-7-12-9-17-11(5-6-22-17)8-15(12)19-10-13/h1-10,20H. The van der Waals surface area contributed by atoms with Gasteiger partial charge >= 0.3 is 0 Å². The van der Waals surface area contributed by atoms with E-state index < -0.39 is 0 Å². The third-order valence-corrected chi connectivity index (χ3v) is 4.55. The van der Waals surface area contributed by atoms with Crippen LogP contribution >= 0.6 is 11.3 Å². The molecule has 22 heavy (non-hydrogen) atoms. The number of hydrogen-bond acceptors (Lipinski definition) is 4. The Morgan fingerprint density at radius 1 is 1.05 bits per heavy atom. The van der Waals surface area contributed by atoms with E-state index in [1.165, 1.54) is 10.8 Å². The number of carbonyl (C=O) groups excluding carboxylic acids is 1. The maximum absolute atomic E-state index is 12.5. The highest BCUT2D eigenvalue weighted by Gasteiger charge is 2.14. The van der Waals surface area contributed by atoms with Crippen LogP contribution in [-0.4, -0.2) is 15.9 Å². The second-order valence-electron chi connectivity index (χ2n) is 5.07. The van der Waals surface area contributed by atoms with Crippen LogP contribution in [0.4, 0.5) is 0 Å². The lowest BCUT2D eigenvalue weighted by molar-refractivity contribution is 0.103. The van der Waals surface area contributed by atoms with E-state index in [4.69, 9.17) is 0 Å². The normalized spacial score (nSPS) is 11.1. The first-order chi connectivity index (χ1) is 10.7. The van der Waals surface area contributed by atoms with Gasteiger partial charge in [-0.1, -0.05) is 12.1 Å². The van der Waals surface area contributed by atoms with Gasteiger partial charge in [-0.15, -0.1) is 11.3 Å². The molecule has 4 aromatic rings. The van der Waals surface area contributed by atoms with E-state index in [0.29, 0.717) is 11.1 Å². The van der Waals surface area contributed by atoms with Gasteiger partial charge in [-0.2, -0.15) is 0 Å². The Balaban J connectivity index is 1.86. The van der Waals surface area contributed by atoms with Crippen molar-refractivity contribution in [3.63, 3.8) is 0 Å². The number of thiophene rings is 1. The fourth-order valence-corrected chi connectivity index (χ4v) is 3.35. The van der Waals surface area contributed by atoms with Crippen molar-refractivity contribution in [1.82, 2.24) is 4.98 Å². The zero-order valence-corrected chi connectivity index (χ0v) is 12.3. The zero-order chi connectivity index (χ0) is 15.1. The Morgan fingerprint density at radius 3 is 2.77 bits per heavy atom. The number of aromatic nitrogens is 1. The van der Waals surface area contributed by atoms with Crippen LogP contribution < -0.4 is 0 Å². The summed E-state index contributed by atoms with van der Waals surface area (Å²) in [4.78, 5) is 16.9. The molecule has 4 rings (SSSR count). The average Bonchev–Trinajstić information content (AvgIpc) is 2.99. The van der Waals surface area contributed by atoms with Crippen LogP contribution in [0.2, 0.25) is 0 Å². The summed E-state index contributed by atoms with van der Waals surface area (Å²) in [6.45, 7) is 0. The molecular weight excluding hydrogens is 294 g/mol. The molecule has 0 bridgehead atoms. The Hall–Kier alpha value is -2.72. The number of fused-ring (bicyclic) bond motifs is 2. The highest BCUT2D eigenvalue weighted by atomic mass is 32.1. The Labute approximate surface area is 130 Å². The van der Waals surface area contributed by atoms with Crippen molar-refractivity contribution in [2.75, 3.05) is 0 Å². The van der Waals surface area contributed by atoms with Crippen molar-refractivity contribution in [1.29, 1.82) is 0 Å². The molecule has 2 aromatic carbocycles. The monoisotopic (exact) mass is 305 g/mol. The quantitative estimate of drug-likeness (QED) is 0.559. The minimum absolute atomic E-state index is 0.0127. The van der Waals surface area contributed by atoms with E-state index in [1.54, 1.807) is 35.7 Å². The van der Waals surface area contributed by atoms with Crippen molar-refractivity contribution < 1.29 is 9.90 Å². The smallest absolute Gasteiger partial charge is 0.198 e. The van der Waals surface area contributed by atoms with Crippen LogP contribution in [0, 0.1) is 0 Å². The van der Waals surface area contributed by atoms with Crippen molar-refractivity contribution in [3.05, 3.63) is 71.2 Å². The summed E-state index contributed by atoms with van der Waals surface area (Å²) in [6.07, 6.45) is 1.56. The molecule has 0 spiro atoms. The summed E-state index contributed by atoms with van der Waals surface area (Å²) in [5, 5.41) is 14.0. The van der Waals surface area contributed by atoms with Gasteiger partial charge in [-0.25, -0.2) is 0 Å². The number of pyridine rings is 1.